The zero-order chi connectivity index (χ0) is 10.1. The van der Waals surface area contributed by atoms with E-state index in [-0.39, 0.29) is 0 Å². The second kappa shape index (κ2) is 4.04. The second-order valence-electron chi connectivity index (χ2n) is 3.22. The van der Waals surface area contributed by atoms with E-state index in [4.69, 9.17) is 16.3 Å². The lowest BCUT2D eigenvalue weighted by molar-refractivity contribution is 0.0783. The zero-order valence-corrected chi connectivity index (χ0v) is 10.0. The Morgan fingerprint density at radius 1 is 1.64 bits per heavy atom. The van der Waals surface area contributed by atoms with Crippen molar-refractivity contribution in [3.8, 4) is 0 Å². The van der Waals surface area contributed by atoms with Crippen LogP contribution in [0.1, 0.15) is 0 Å². The monoisotopic (exact) mass is 276 g/mol. The molecule has 1 aromatic heterocycles. The molecule has 1 saturated heterocycles. The smallest absolute Gasteiger partial charge is 0.147 e. The molecule has 2 rings (SSSR count). The maximum Gasteiger partial charge on any atom is 0.147 e. The summed E-state index contributed by atoms with van der Waals surface area (Å²) in [6.45, 7) is 1.73. The molecule has 5 heteroatoms. The molecule has 0 spiro atoms. The third kappa shape index (κ3) is 1.87. The summed E-state index contributed by atoms with van der Waals surface area (Å²) in [5.74, 6) is 0.836. The maximum atomic E-state index is 6.05. The molecule has 1 aromatic rings. The van der Waals surface area contributed by atoms with Gasteiger partial charge in [-0.15, -0.1) is 0 Å². The van der Waals surface area contributed by atoms with E-state index >= 15 is 0 Å². The molecule has 2 heterocycles. The van der Waals surface area contributed by atoms with Crippen LogP contribution in [0.25, 0.3) is 0 Å². The summed E-state index contributed by atoms with van der Waals surface area (Å²) in [6.07, 6.45) is 2.07. The first-order chi connectivity index (χ1) is 6.70. The van der Waals surface area contributed by atoms with Crippen molar-refractivity contribution in [3.63, 3.8) is 0 Å². The van der Waals surface area contributed by atoms with Gasteiger partial charge in [0.05, 0.1) is 11.1 Å². The first-order valence-corrected chi connectivity index (χ1v) is 5.46. The maximum absolute atomic E-state index is 6.05. The van der Waals surface area contributed by atoms with Gasteiger partial charge in [-0.1, -0.05) is 11.6 Å². The van der Waals surface area contributed by atoms with Gasteiger partial charge in [0.15, 0.2) is 0 Å². The van der Waals surface area contributed by atoms with Gasteiger partial charge in [-0.3, -0.25) is 0 Å². The molecule has 76 valence electrons. The SMILES string of the molecule is COC1CN(c2ncc(Br)cc2Cl)C1. The van der Waals surface area contributed by atoms with Crippen LogP contribution in [-0.2, 0) is 4.74 Å². The average molecular weight is 278 g/mol. The number of ether oxygens (including phenoxy) is 1. The van der Waals surface area contributed by atoms with Crippen molar-refractivity contribution < 1.29 is 4.74 Å². The number of hydrogen-bond donors (Lipinski definition) is 0. The van der Waals surface area contributed by atoms with Gasteiger partial charge in [-0.05, 0) is 22.0 Å². The third-order valence-electron chi connectivity index (χ3n) is 2.27. The van der Waals surface area contributed by atoms with Gasteiger partial charge >= 0.3 is 0 Å². The molecule has 0 saturated carbocycles. The van der Waals surface area contributed by atoms with Crippen molar-refractivity contribution in [2.75, 3.05) is 25.1 Å². The van der Waals surface area contributed by atoms with Crippen molar-refractivity contribution in [2.45, 2.75) is 6.10 Å². The minimum absolute atomic E-state index is 0.316. The van der Waals surface area contributed by atoms with Crippen LogP contribution in [-0.4, -0.2) is 31.3 Å². The summed E-state index contributed by atoms with van der Waals surface area (Å²) in [4.78, 5) is 6.36. The third-order valence-corrected chi connectivity index (χ3v) is 2.98. The van der Waals surface area contributed by atoms with Gasteiger partial charge in [0, 0.05) is 30.9 Å². The van der Waals surface area contributed by atoms with E-state index in [2.05, 4.69) is 25.8 Å². The topological polar surface area (TPSA) is 25.4 Å². The standard InChI is InChI=1S/C9H10BrClN2O/c1-14-7-4-13(5-7)9-8(11)2-6(10)3-12-9/h2-3,7H,4-5H2,1H3. The van der Waals surface area contributed by atoms with Crippen LogP contribution in [0.2, 0.25) is 5.02 Å². The van der Waals surface area contributed by atoms with Gasteiger partial charge in [0.1, 0.15) is 5.82 Å². The average Bonchev–Trinajstić information content (AvgIpc) is 2.06. The van der Waals surface area contributed by atoms with Crippen LogP contribution < -0.4 is 4.90 Å². The van der Waals surface area contributed by atoms with Crippen LogP contribution in [0, 0.1) is 0 Å². The fourth-order valence-corrected chi connectivity index (χ4v) is 2.15. The number of halogens is 2. The number of pyridine rings is 1. The number of nitrogens with zero attached hydrogens (tertiary/aromatic N) is 2. The molecule has 3 nitrogen and oxygen atoms in total. The van der Waals surface area contributed by atoms with Crippen molar-refractivity contribution in [2.24, 2.45) is 0 Å². The molecule has 0 amide bonds. The summed E-state index contributed by atoms with van der Waals surface area (Å²) in [7, 11) is 1.72. The fraction of sp³-hybridized carbons (Fsp3) is 0.444. The van der Waals surface area contributed by atoms with Crippen LogP contribution >= 0.6 is 27.5 Å². The minimum atomic E-state index is 0.316. The Morgan fingerprint density at radius 2 is 2.36 bits per heavy atom. The van der Waals surface area contributed by atoms with E-state index in [0.717, 1.165) is 23.4 Å². The second-order valence-corrected chi connectivity index (χ2v) is 4.54. The van der Waals surface area contributed by atoms with Crippen LogP contribution in [0.3, 0.4) is 0 Å². The van der Waals surface area contributed by atoms with Crippen molar-refractivity contribution in [1.82, 2.24) is 4.98 Å². The van der Waals surface area contributed by atoms with Gasteiger partial charge in [-0.2, -0.15) is 0 Å². The quantitative estimate of drug-likeness (QED) is 0.830. The molecular weight excluding hydrogens is 267 g/mol. The van der Waals surface area contributed by atoms with Crippen molar-refractivity contribution >= 4 is 33.3 Å². The molecule has 14 heavy (non-hydrogen) atoms. The van der Waals surface area contributed by atoms with Gasteiger partial charge < -0.3 is 9.64 Å². The predicted molar refractivity (Wildman–Crippen MR) is 60.0 cm³/mol. The van der Waals surface area contributed by atoms with Gasteiger partial charge in [0.25, 0.3) is 0 Å². The first kappa shape index (κ1) is 10.2. The summed E-state index contributed by atoms with van der Waals surface area (Å²) in [6, 6.07) is 1.85. The van der Waals surface area contributed by atoms with E-state index in [1.165, 1.54) is 0 Å². The van der Waals surface area contributed by atoms with E-state index in [0.29, 0.717) is 11.1 Å². The lowest BCUT2D eigenvalue weighted by Gasteiger charge is -2.39. The van der Waals surface area contributed by atoms with E-state index < -0.39 is 0 Å². The summed E-state index contributed by atoms with van der Waals surface area (Å²) in [5, 5.41) is 0.675. The van der Waals surface area contributed by atoms with Crippen LogP contribution in [0.15, 0.2) is 16.7 Å². The number of rotatable bonds is 2. The van der Waals surface area contributed by atoms with Crippen molar-refractivity contribution in [3.05, 3.63) is 21.8 Å². The summed E-state index contributed by atoms with van der Waals surface area (Å²) in [5.41, 5.74) is 0. The molecule has 0 atom stereocenters. The number of hydrogen-bond acceptors (Lipinski definition) is 3. The number of anilines is 1. The predicted octanol–water partition coefficient (Wildman–Crippen LogP) is 2.33. The molecule has 1 aliphatic rings. The highest BCUT2D eigenvalue weighted by atomic mass is 79.9. The van der Waals surface area contributed by atoms with Crippen molar-refractivity contribution in [1.29, 1.82) is 0 Å². The molecule has 0 aromatic carbocycles. The van der Waals surface area contributed by atoms with E-state index in [1.807, 2.05) is 6.07 Å². The Hall–Kier alpha value is -0.320. The number of methoxy groups -OCH3 is 1. The van der Waals surface area contributed by atoms with Gasteiger partial charge in [-0.25, -0.2) is 4.98 Å². The normalized spacial score (nSPS) is 16.9. The van der Waals surface area contributed by atoms with Crippen LogP contribution in [0.5, 0.6) is 0 Å². The summed E-state index contributed by atoms with van der Waals surface area (Å²) < 4.78 is 6.08. The molecule has 1 aliphatic heterocycles. The van der Waals surface area contributed by atoms with Gasteiger partial charge in [0.2, 0.25) is 0 Å². The largest absolute Gasteiger partial charge is 0.378 e. The Labute approximate surface area is 96.1 Å². The Balaban J connectivity index is 2.11. The fourth-order valence-electron chi connectivity index (χ4n) is 1.40. The lowest BCUT2D eigenvalue weighted by atomic mass is 10.1. The Kier molecular flexibility index (Phi) is 2.95. The highest BCUT2D eigenvalue weighted by Crippen LogP contribution is 2.29. The first-order valence-electron chi connectivity index (χ1n) is 4.29. The molecule has 0 N–H and O–H groups in total. The summed E-state index contributed by atoms with van der Waals surface area (Å²) >= 11 is 9.37. The highest BCUT2D eigenvalue weighted by Gasteiger charge is 2.28. The van der Waals surface area contributed by atoms with E-state index in [1.54, 1.807) is 13.3 Å². The highest BCUT2D eigenvalue weighted by molar-refractivity contribution is 9.10. The minimum Gasteiger partial charge on any atom is -0.378 e. The molecule has 0 aliphatic carbocycles. The number of aromatic nitrogens is 1. The zero-order valence-electron chi connectivity index (χ0n) is 7.70. The molecule has 1 fully saturated rings. The Bertz CT molecular complexity index is 342. The molecule has 0 radical (unpaired) electrons. The lowest BCUT2D eigenvalue weighted by Crippen LogP contribution is -2.52. The molecular formula is C9H10BrClN2O. The molecule has 0 bridgehead atoms. The molecule has 0 unspecified atom stereocenters. The van der Waals surface area contributed by atoms with E-state index in [9.17, 15) is 0 Å². The van der Waals surface area contributed by atoms with Crippen LogP contribution in [0.4, 0.5) is 5.82 Å². The Morgan fingerprint density at radius 3 is 2.93 bits per heavy atom.